The topological polar surface area (TPSA) is 76.4 Å². The number of benzene rings is 1. The lowest BCUT2D eigenvalue weighted by Crippen LogP contribution is -2.37. The molecule has 1 amide bonds. The Labute approximate surface area is 158 Å². The van der Waals surface area contributed by atoms with E-state index < -0.39 is 15.7 Å². The van der Waals surface area contributed by atoms with E-state index >= 15 is 0 Å². The van der Waals surface area contributed by atoms with Crippen LogP contribution in [0.25, 0.3) is 0 Å². The van der Waals surface area contributed by atoms with Crippen molar-refractivity contribution in [1.29, 1.82) is 0 Å². The van der Waals surface area contributed by atoms with Crippen molar-refractivity contribution >= 4 is 15.7 Å². The summed E-state index contributed by atoms with van der Waals surface area (Å²) in [4.78, 5) is 12.3. The van der Waals surface area contributed by atoms with E-state index in [2.05, 4.69) is 12.2 Å². The predicted octanol–water partition coefficient (Wildman–Crippen LogP) is 3.84. The Morgan fingerprint density at radius 1 is 1.07 bits per heavy atom. The standard InChI is InChI=1S/C20H24FNO4S/c1-14-2-8-17(9-3-14)22-20(23)19-11-10-18(26-19)13-27(24,25)12-15-4-6-16(21)7-5-15/h4-7,10-11,14,17H,2-3,8-9,12-13H2,1H3,(H,22,23). The third kappa shape index (κ3) is 5.66. The second-order valence-corrected chi connectivity index (χ2v) is 9.42. The van der Waals surface area contributed by atoms with Gasteiger partial charge in [-0.3, -0.25) is 4.79 Å². The van der Waals surface area contributed by atoms with Crippen molar-refractivity contribution in [2.75, 3.05) is 0 Å². The Balaban J connectivity index is 1.58. The molecule has 1 fully saturated rings. The normalized spacial score (nSPS) is 20.4. The summed E-state index contributed by atoms with van der Waals surface area (Å²) >= 11 is 0. The molecule has 5 nitrogen and oxygen atoms in total. The zero-order chi connectivity index (χ0) is 19.4. The van der Waals surface area contributed by atoms with Crippen LogP contribution < -0.4 is 5.32 Å². The van der Waals surface area contributed by atoms with Gasteiger partial charge in [-0.05, 0) is 61.4 Å². The van der Waals surface area contributed by atoms with Gasteiger partial charge in [0.15, 0.2) is 15.6 Å². The van der Waals surface area contributed by atoms with Crippen molar-refractivity contribution in [3.05, 3.63) is 59.3 Å². The maximum absolute atomic E-state index is 12.9. The first kappa shape index (κ1) is 19.6. The van der Waals surface area contributed by atoms with Gasteiger partial charge in [-0.1, -0.05) is 19.1 Å². The summed E-state index contributed by atoms with van der Waals surface area (Å²) in [7, 11) is -3.49. The fourth-order valence-corrected chi connectivity index (χ4v) is 4.73. The number of carbonyl (C=O) groups excluding carboxylic acids is 1. The minimum absolute atomic E-state index is 0.126. The molecule has 0 aliphatic heterocycles. The van der Waals surface area contributed by atoms with Crippen LogP contribution in [0.2, 0.25) is 0 Å². The zero-order valence-electron chi connectivity index (χ0n) is 15.3. The van der Waals surface area contributed by atoms with Crippen LogP contribution in [0.4, 0.5) is 4.39 Å². The largest absolute Gasteiger partial charge is 0.455 e. The number of furan rings is 1. The average Bonchev–Trinajstić information content (AvgIpc) is 3.06. The van der Waals surface area contributed by atoms with E-state index in [-0.39, 0.29) is 35.0 Å². The summed E-state index contributed by atoms with van der Waals surface area (Å²) < 4.78 is 43.0. The average molecular weight is 393 g/mol. The van der Waals surface area contributed by atoms with E-state index in [1.165, 1.54) is 36.4 Å². The van der Waals surface area contributed by atoms with Gasteiger partial charge in [0.05, 0.1) is 5.75 Å². The minimum atomic E-state index is -3.49. The smallest absolute Gasteiger partial charge is 0.287 e. The molecule has 2 aromatic rings. The fraction of sp³-hybridized carbons (Fsp3) is 0.450. The summed E-state index contributed by atoms with van der Waals surface area (Å²) in [6.07, 6.45) is 4.09. The predicted molar refractivity (Wildman–Crippen MR) is 100 cm³/mol. The highest BCUT2D eigenvalue weighted by Gasteiger charge is 2.22. The molecule has 27 heavy (non-hydrogen) atoms. The van der Waals surface area contributed by atoms with E-state index in [1.807, 2.05) is 0 Å². The maximum Gasteiger partial charge on any atom is 0.287 e. The lowest BCUT2D eigenvalue weighted by molar-refractivity contribution is 0.0893. The van der Waals surface area contributed by atoms with E-state index in [1.54, 1.807) is 0 Å². The van der Waals surface area contributed by atoms with Crippen LogP contribution in [0.5, 0.6) is 0 Å². The quantitative estimate of drug-likeness (QED) is 0.809. The van der Waals surface area contributed by atoms with Crippen LogP contribution in [-0.2, 0) is 21.3 Å². The highest BCUT2D eigenvalue weighted by molar-refractivity contribution is 7.89. The van der Waals surface area contributed by atoms with E-state index in [4.69, 9.17) is 4.42 Å². The van der Waals surface area contributed by atoms with Gasteiger partial charge in [-0.15, -0.1) is 0 Å². The lowest BCUT2D eigenvalue weighted by atomic mass is 9.87. The molecule has 0 radical (unpaired) electrons. The molecule has 1 heterocycles. The van der Waals surface area contributed by atoms with Crippen molar-refractivity contribution < 1.29 is 22.0 Å². The molecule has 3 rings (SSSR count). The monoisotopic (exact) mass is 393 g/mol. The molecule has 146 valence electrons. The van der Waals surface area contributed by atoms with Crippen LogP contribution in [-0.4, -0.2) is 20.4 Å². The van der Waals surface area contributed by atoms with Crippen molar-refractivity contribution in [3.8, 4) is 0 Å². The number of hydrogen-bond donors (Lipinski definition) is 1. The van der Waals surface area contributed by atoms with Gasteiger partial charge in [-0.2, -0.15) is 0 Å². The van der Waals surface area contributed by atoms with Gasteiger partial charge >= 0.3 is 0 Å². The number of nitrogens with one attached hydrogen (secondary N) is 1. The van der Waals surface area contributed by atoms with Crippen LogP contribution in [0.1, 0.15) is 54.5 Å². The minimum Gasteiger partial charge on any atom is -0.455 e. The molecule has 1 aromatic carbocycles. The number of sulfone groups is 1. The highest BCUT2D eigenvalue weighted by Crippen LogP contribution is 2.24. The van der Waals surface area contributed by atoms with Gasteiger partial charge < -0.3 is 9.73 Å². The lowest BCUT2D eigenvalue weighted by Gasteiger charge is -2.26. The van der Waals surface area contributed by atoms with Crippen LogP contribution in [0.3, 0.4) is 0 Å². The maximum atomic E-state index is 12.9. The Morgan fingerprint density at radius 2 is 1.74 bits per heavy atom. The van der Waals surface area contributed by atoms with Crippen molar-refractivity contribution in [1.82, 2.24) is 5.32 Å². The number of halogens is 1. The van der Waals surface area contributed by atoms with Crippen LogP contribution >= 0.6 is 0 Å². The van der Waals surface area contributed by atoms with Gasteiger partial charge in [0.1, 0.15) is 17.3 Å². The van der Waals surface area contributed by atoms with Crippen molar-refractivity contribution in [2.45, 2.75) is 50.2 Å². The van der Waals surface area contributed by atoms with Crippen LogP contribution in [0, 0.1) is 11.7 Å². The third-order valence-corrected chi connectivity index (χ3v) is 6.40. The summed E-state index contributed by atoms with van der Waals surface area (Å²) in [5, 5.41) is 2.96. The molecular formula is C20H24FNO4S. The molecule has 0 spiro atoms. The van der Waals surface area contributed by atoms with Crippen molar-refractivity contribution in [2.24, 2.45) is 5.92 Å². The Hall–Kier alpha value is -2.15. The second-order valence-electron chi connectivity index (χ2n) is 7.35. The molecule has 1 aromatic heterocycles. The Kier molecular flexibility index (Phi) is 5.99. The fourth-order valence-electron chi connectivity index (χ4n) is 3.34. The Bertz CT molecular complexity index is 881. The molecule has 1 aliphatic carbocycles. The number of hydrogen-bond acceptors (Lipinski definition) is 4. The molecular weight excluding hydrogens is 369 g/mol. The highest BCUT2D eigenvalue weighted by atomic mass is 32.2. The van der Waals surface area contributed by atoms with Gasteiger partial charge in [0, 0.05) is 6.04 Å². The summed E-state index contributed by atoms with van der Waals surface area (Å²) in [5.74, 6) is -0.198. The summed E-state index contributed by atoms with van der Waals surface area (Å²) in [6.45, 7) is 2.21. The number of carbonyl (C=O) groups is 1. The second kappa shape index (κ2) is 8.25. The summed E-state index contributed by atoms with van der Waals surface area (Å²) in [6, 6.07) is 8.50. The molecule has 0 bridgehead atoms. The zero-order valence-corrected chi connectivity index (χ0v) is 16.1. The molecule has 1 saturated carbocycles. The molecule has 7 heteroatoms. The van der Waals surface area contributed by atoms with Gasteiger partial charge in [0.2, 0.25) is 0 Å². The van der Waals surface area contributed by atoms with Crippen molar-refractivity contribution in [3.63, 3.8) is 0 Å². The Morgan fingerprint density at radius 3 is 2.41 bits per heavy atom. The number of amides is 1. The first-order valence-electron chi connectivity index (χ1n) is 9.15. The van der Waals surface area contributed by atoms with E-state index in [0.717, 1.165) is 25.7 Å². The summed E-state index contributed by atoms with van der Waals surface area (Å²) in [5.41, 5.74) is 0.507. The van der Waals surface area contributed by atoms with Gasteiger partial charge in [0.25, 0.3) is 5.91 Å². The molecule has 0 unspecified atom stereocenters. The molecule has 1 N–H and O–H groups in total. The SMILES string of the molecule is CC1CCC(NC(=O)c2ccc(CS(=O)(=O)Cc3ccc(F)cc3)o2)CC1. The van der Waals surface area contributed by atoms with E-state index in [0.29, 0.717) is 11.5 Å². The molecule has 1 aliphatic rings. The number of rotatable bonds is 6. The van der Waals surface area contributed by atoms with Crippen LogP contribution in [0.15, 0.2) is 40.8 Å². The first-order valence-corrected chi connectivity index (χ1v) is 11.0. The third-order valence-electron chi connectivity index (χ3n) is 4.90. The van der Waals surface area contributed by atoms with E-state index in [9.17, 15) is 17.6 Å². The first-order chi connectivity index (χ1) is 12.8. The molecule has 0 saturated heterocycles. The molecule has 0 atom stereocenters. The van der Waals surface area contributed by atoms with Gasteiger partial charge in [-0.25, -0.2) is 12.8 Å².